The molecule has 2 amide bonds. The van der Waals surface area contributed by atoms with Gasteiger partial charge in [-0.15, -0.1) is 11.3 Å². The molecule has 7 nitrogen and oxygen atoms in total. The van der Waals surface area contributed by atoms with Crippen LogP contribution in [0.3, 0.4) is 0 Å². The van der Waals surface area contributed by atoms with Crippen molar-refractivity contribution in [3.63, 3.8) is 0 Å². The van der Waals surface area contributed by atoms with Crippen molar-refractivity contribution in [3.05, 3.63) is 69.9 Å². The maximum absolute atomic E-state index is 12.1. The largest absolute Gasteiger partial charge is 0.459 e. The van der Waals surface area contributed by atoms with Crippen LogP contribution in [0, 0.1) is 0 Å². The minimum absolute atomic E-state index is 0.163. The lowest BCUT2D eigenvalue weighted by molar-refractivity contribution is -0.119. The van der Waals surface area contributed by atoms with E-state index >= 15 is 0 Å². The summed E-state index contributed by atoms with van der Waals surface area (Å²) in [6.07, 6.45) is 1.39. The van der Waals surface area contributed by atoms with Gasteiger partial charge in [-0.3, -0.25) is 9.59 Å². The highest BCUT2D eigenvalue weighted by Crippen LogP contribution is 2.24. The summed E-state index contributed by atoms with van der Waals surface area (Å²) in [4.78, 5) is 36.1. The summed E-state index contributed by atoms with van der Waals surface area (Å²) >= 11 is 4.35. The van der Waals surface area contributed by atoms with E-state index in [0.717, 1.165) is 15.8 Å². The van der Waals surface area contributed by atoms with Crippen LogP contribution in [-0.4, -0.2) is 24.4 Å². The number of rotatable bonds is 6. The molecule has 27 heavy (non-hydrogen) atoms. The smallest absolute Gasteiger partial charge is 0.348 e. The van der Waals surface area contributed by atoms with Crippen LogP contribution in [0.5, 0.6) is 0 Å². The highest BCUT2D eigenvalue weighted by atomic mass is 79.9. The number of benzene rings is 1. The van der Waals surface area contributed by atoms with Gasteiger partial charge >= 0.3 is 5.97 Å². The van der Waals surface area contributed by atoms with E-state index in [1.165, 1.54) is 18.4 Å². The highest BCUT2D eigenvalue weighted by molar-refractivity contribution is 9.10. The Hall–Kier alpha value is -2.91. The standard InChI is InChI=1S/C18H13BrN2O5S/c19-11-4-1-2-5-12(11)20-15(22)10-26-18(24)14-7-8-16(27-14)21-17(23)13-6-3-9-25-13/h1-9H,10H2,(H,20,22)(H,21,23). The van der Waals surface area contributed by atoms with Crippen molar-refractivity contribution in [3.8, 4) is 0 Å². The number of hydrogen-bond acceptors (Lipinski definition) is 6. The van der Waals surface area contributed by atoms with Crippen LogP contribution in [0.15, 0.2) is 63.7 Å². The molecule has 2 N–H and O–H groups in total. The molecule has 0 radical (unpaired) electrons. The fraction of sp³-hybridized carbons (Fsp3) is 0.0556. The molecule has 0 saturated carbocycles. The number of esters is 1. The first-order chi connectivity index (χ1) is 13.0. The summed E-state index contributed by atoms with van der Waals surface area (Å²) in [6.45, 7) is -0.424. The van der Waals surface area contributed by atoms with Gasteiger partial charge in [0.15, 0.2) is 12.4 Å². The summed E-state index contributed by atoms with van der Waals surface area (Å²) < 4.78 is 10.7. The van der Waals surface area contributed by atoms with Crippen molar-refractivity contribution in [1.29, 1.82) is 0 Å². The number of carbonyl (C=O) groups is 3. The van der Waals surface area contributed by atoms with Crippen LogP contribution in [0.4, 0.5) is 10.7 Å². The van der Waals surface area contributed by atoms with E-state index in [9.17, 15) is 14.4 Å². The molecular weight excluding hydrogens is 436 g/mol. The van der Waals surface area contributed by atoms with Crippen LogP contribution in [0.25, 0.3) is 0 Å². The van der Waals surface area contributed by atoms with Crippen molar-refractivity contribution >= 4 is 55.7 Å². The van der Waals surface area contributed by atoms with Crippen molar-refractivity contribution in [2.24, 2.45) is 0 Å². The van der Waals surface area contributed by atoms with E-state index in [1.54, 1.807) is 30.3 Å². The summed E-state index contributed by atoms with van der Waals surface area (Å²) in [6, 6.07) is 13.3. The first-order valence-electron chi connectivity index (χ1n) is 7.69. The summed E-state index contributed by atoms with van der Waals surface area (Å²) in [5, 5.41) is 5.71. The van der Waals surface area contributed by atoms with E-state index in [0.29, 0.717) is 10.7 Å². The number of halogens is 1. The van der Waals surface area contributed by atoms with Crippen molar-refractivity contribution in [2.45, 2.75) is 0 Å². The van der Waals surface area contributed by atoms with Crippen molar-refractivity contribution in [2.75, 3.05) is 17.2 Å². The molecule has 3 rings (SSSR count). The Morgan fingerprint density at radius 2 is 1.85 bits per heavy atom. The average molecular weight is 449 g/mol. The lowest BCUT2D eigenvalue weighted by Crippen LogP contribution is -2.20. The predicted molar refractivity (Wildman–Crippen MR) is 104 cm³/mol. The summed E-state index contributed by atoms with van der Waals surface area (Å²) in [5.74, 6) is -1.37. The Kier molecular flexibility index (Phi) is 6.05. The van der Waals surface area contributed by atoms with Gasteiger partial charge in [0, 0.05) is 4.47 Å². The Bertz CT molecular complexity index is 968. The van der Waals surface area contributed by atoms with E-state index in [2.05, 4.69) is 26.6 Å². The molecule has 0 unspecified atom stereocenters. The van der Waals surface area contributed by atoms with Gasteiger partial charge < -0.3 is 19.8 Å². The van der Waals surface area contributed by atoms with Crippen LogP contribution in [-0.2, 0) is 9.53 Å². The van der Waals surface area contributed by atoms with Crippen molar-refractivity contribution < 1.29 is 23.5 Å². The molecule has 0 aliphatic rings. The van der Waals surface area contributed by atoms with E-state index in [4.69, 9.17) is 9.15 Å². The second-order valence-electron chi connectivity index (χ2n) is 5.20. The third-order valence-electron chi connectivity index (χ3n) is 3.27. The topological polar surface area (TPSA) is 97.6 Å². The number of thiophene rings is 1. The van der Waals surface area contributed by atoms with Crippen molar-refractivity contribution in [1.82, 2.24) is 0 Å². The van der Waals surface area contributed by atoms with Gasteiger partial charge in [0.2, 0.25) is 0 Å². The monoisotopic (exact) mass is 448 g/mol. The lowest BCUT2D eigenvalue weighted by Gasteiger charge is -2.07. The molecule has 0 aliphatic heterocycles. The first-order valence-corrected chi connectivity index (χ1v) is 9.30. The maximum Gasteiger partial charge on any atom is 0.348 e. The molecule has 0 spiro atoms. The van der Waals surface area contributed by atoms with Gasteiger partial charge in [-0.1, -0.05) is 12.1 Å². The van der Waals surface area contributed by atoms with Gasteiger partial charge in [0.25, 0.3) is 11.8 Å². The predicted octanol–water partition coefficient (Wildman–Crippen LogP) is 4.15. The third kappa shape index (κ3) is 5.05. The second kappa shape index (κ2) is 8.65. The molecular formula is C18H13BrN2O5S. The molecule has 0 aliphatic carbocycles. The van der Waals surface area contributed by atoms with Gasteiger partial charge in [-0.25, -0.2) is 4.79 Å². The first kappa shape index (κ1) is 18.9. The molecule has 2 aromatic heterocycles. The number of nitrogens with one attached hydrogen (secondary N) is 2. The number of carbonyl (C=O) groups excluding carboxylic acids is 3. The average Bonchev–Trinajstić information content (AvgIpc) is 3.33. The Morgan fingerprint density at radius 1 is 1.04 bits per heavy atom. The van der Waals surface area contributed by atoms with Crippen LogP contribution in [0.2, 0.25) is 0 Å². The molecule has 3 aromatic rings. The van der Waals surface area contributed by atoms with Gasteiger partial charge in [-0.05, 0) is 52.3 Å². The number of hydrogen-bond donors (Lipinski definition) is 2. The number of furan rings is 1. The molecule has 0 fully saturated rings. The van der Waals surface area contributed by atoms with Gasteiger partial charge in [0.1, 0.15) is 4.88 Å². The minimum atomic E-state index is -0.652. The van der Waals surface area contributed by atoms with E-state index < -0.39 is 24.4 Å². The Labute approximate surface area is 166 Å². The number of ether oxygens (including phenoxy) is 1. The highest BCUT2D eigenvalue weighted by Gasteiger charge is 2.15. The lowest BCUT2D eigenvalue weighted by atomic mass is 10.3. The summed E-state index contributed by atoms with van der Waals surface area (Å²) in [7, 11) is 0. The minimum Gasteiger partial charge on any atom is -0.459 e. The number of para-hydroxylation sites is 1. The zero-order chi connectivity index (χ0) is 19.2. The molecule has 1 aromatic carbocycles. The Balaban J connectivity index is 1.51. The zero-order valence-electron chi connectivity index (χ0n) is 13.7. The summed E-state index contributed by atoms with van der Waals surface area (Å²) in [5.41, 5.74) is 0.581. The quantitative estimate of drug-likeness (QED) is 0.551. The number of amides is 2. The molecule has 9 heteroatoms. The molecule has 138 valence electrons. The van der Waals surface area contributed by atoms with Crippen LogP contribution >= 0.6 is 27.3 Å². The third-order valence-corrected chi connectivity index (χ3v) is 4.94. The molecule has 0 bridgehead atoms. The zero-order valence-corrected chi connectivity index (χ0v) is 16.1. The second-order valence-corrected chi connectivity index (χ2v) is 7.14. The molecule has 0 saturated heterocycles. The van der Waals surface area contributed by atoms with Crippen LogP contribution in [0.1, 0.15) is 20.2 Å². The normalized spacial score (nSPS) is 10.3. The fourth-order valence-electron chi connectivity index (χ4n) is 2.05. The number of anilines is 2. The maximum atomic E-state index is 12.1. The van der Waals surface area contributed by atoms with Crippen LogP contribution < -0.4 is 10.6 Å². The molecule has 0 atom stereocenters. The fourth-order valence-corrected chi connectivity index (χ4v) is 3.23. The molecule has 2 heterocycles. The van der Waals surface area contributed by atoms with Gasteiger partial charge in [-0.2, -0.15) is 0 Å². The van der Waals surface area contributed by atoms with Gasteiger partial charge in [0.05, 0.1) is 17.0 Å². The Morgan fingerprint density at radius 3 is 2.59 bits per heavy atom. The SMILES string of the molecule is O=C(COC(=O)c1ccc(NC(=O)c2ccco2)s1)Nc1ccccc1Br. The van der Waals surface area contributed by atoms with E-state index in [1.807, 2.05) is 6.07 Å². The van der Waals surface area contributed by atoms with E-state index in [-0.39, 0.29) is 10.6 Å².